The molecule has 0 saturated carbocycles. The van der Waals surface area contributed by atoms with Crippen LogP contribution in [0.3, 0.4) is 0 Å². The molecule has 0 fully saturated rings. The van der Waals surface area contributed by atoms with Gasteiger partial charge in [-0.15, -0.1) is 0 Å². The third kappa shape index (κ3) is 1.49. The number of aromatic hydroxyl groups is 1. The van der Waals surface area contributed by atoms with Gasteiger partial charge in [-0.3, -0.25) is 9.51 Å². The molecule has 0 amide bonds. The van der Waals surface area contributed by atoms with Crippen molar-refractivity contribution < 1.29 is 14.0 Å². The van der Waals surface area contributed by atoms with Crippen molar-refractivity contribution in [1.82, 2.24) is 10.1 Å². The maximum Gasteiger partial charge on any atom is 0.439 e. The van der Waals surface area contributed by atoms with E-state index in [2.05, 4.69) is 14.7 Å². The number of phenolic OH excluding ortho intramolecular Hbond substituents is 1. The van der Waals surface area contributed by atoms with E-state index in [4.69, 9.17) is 5.11 Å². The molecular formula is C8H5FN2O3. The predicted molar refractivity (Wildman–Crippen MR) is 44.2 cm³/mol. The number of phenols is 1. The quantitative estimate of drug-likeness (QED) is 0.709. The Kier molecular flexibility index (Phi) is 1.81. The van der Waals surface area contributed by atoms with Crippen LogP contribution < -0.4 is 5.76 Å². The molecule has 2 aromatic rings. The summed E-state index contributed by atoms with van der Waals surface area (Å²) in [4.78, 5) is 12.8. The molecule has 5 nitrogen and oxygen atoms in total. The standard InChI is InChI=1S/C8H5FN2O3/c9-5-1-4(2-6(12)3-5)7-10-8(13)14-11-7/h1-3,12H,(H,10,11,13). The summed E-state index contributed by atoms with van der Waals surface area (Å²) in [5.41, 5.74) is 0.244. The van der Waals surface area contributed by atoms with Crippen LogP contribution in [0.25, 0.3) is 11.4 Å². The number of nitrogens with one attached hydrogen (secondary N) is 1. The van der Waals surface area contributed by atoms with Gasteiger partial charge in [0, 0.05) is 11.6 Å². The minimum Gasteiger partial charge on any atom is -0.508 e. The van der Waals surface area contributed by atoms with E-state index in [1.54, 1.807) is 0 Å². The lowest BCUT2D eigenvalue weighted by Crippen LogP contribution is -1.94. The second-order valence-electron chi connectivity index (χ2n) is 2.64. The number of benzene rings is 1. The zero-order chi connectivity index (χ0) is 10.1. The topological polar surface area (TPSA) is 79.1 Å². The lowest BCUT2D eigenvalue weighted by molar-refractivity contribution is 0.388. The molecule has 2 N–H and O–H groups in total. The zero-order valence-electron chi connectivity index (χ0n) is 6.82. The number of H-pyrrole nitrogens is 1. The van der Waals surface area contributed by atoms with Crippen molar-refractivity contribution >= 4 is 0 Å². The van der Waals surface area contributed by atoms with Crippen molar-refractivity contribution in [2.24, 2.45) is 0 Å². The minimum absolute atomic E-state index is 0.0739. The van der Waals surface area contributed by atoms with E-state index in [0.29, 0.717) is 0 Å². The lowest BCUT2D eigenvalue weighted by atomic mass is 10.2. The molecule has 1 aromatic heterocycles. The number of hydrogen-bond acceptors (Lipinski definition) is 4. The van der Waals surface area contributed by atoms with E-state index in [1.165, 1.54) is 6.07 Å². The van der Waals surface area contributed by atoms with E-state index in [1.807, 2.05) is 0 Å². The Labute approximate surface area is 76.8 Å². The van der Waals surface area contributed by atoms with Crippen LogP contribution in [0.1, 0.15) is 0 Å². The fourth-order valence-electron chi connectivity index (χ4n) is 1.07. The van der Waals surface area contributed by atoms with Crippen LogP contribution in [0.4, 0.5) is 4.39 Å². The molecule has 1 aromatic carbocycles. The number of hydrogen-bond donors (Lipinski definition) is 2. The molecule has 0 spiro atoms. The summed E-state index contributed by atoms with van der Waals surface area (Å²) >= 11 is 0. The Bertz CT molecular complexity index is 497. The van der Waals surface area contributed by atoms with Gasteiger partial charge < -0.3 is 5.11 Å². The van der Waals surface area contributed by atoms with Crippen molar-refractivity contribution in [3.8, 4) is 17.1 Å². The molecule has 0 bridgehead atoms. The van der Waals surface area contributed by atoms with Gasteiger partial charge in [0.1, 0.15) is 11.6 Å². The van der Waals surface area contributed by atoms with Gasteiger partial charge in [-0.1, -0.05) is 5.16 Å². The number of aromatic amines is 1. The smallest absolute Gasteiger partial charge is 0.439 e. The summed E-state index contributed by atoms with van der Waals surface area (Å²) in [6.45, 7) is 0. The van der Waals surface area contributed by atoms with E-state index in [0.717, 1.165) is 12.1 Å². The Morgan fingerprint density at radius 1 is 1.43 bits per heavy atom. The van der Waals surface area contributed by atoms with E-state index in [-0.39, 0.29) is 17.1 Å². The number of aromatic nitrogens is 2. The summed E-state index contributed by atoms with van der Waals surface area (Å²) in [6.07, 6.45) is 0. The summed E-state index contributed by atoms with van der Waals surface area (Å²) in [5.74, 6) is -1.53. The molecular weight excluding hydrogens is 191 g/mol. The van der Waals surface area contributed by atoms with Crippen LogP contribution in [0.2, 0.25) is 0 Å². The highest BCUT2D eigenvalue weighted by atomic mass is 19.1. The Balaban J connectivity index is 2.56. The Morgan fingerprint density at radius 2 is 2.21 bits per heavy atom. The SMILES string of the molecule is O=c1[nH]c(-c2cc(O)cc(F)c2)no1. The molecule has 72 valence electrons. The Morgan fingerprint density at radius 3 is 2.79 bits per heavy atom. The second kappa shape index (κ2) is 2.99. The number of nitrogens with zero attached hydrogens (tertiary/aromatic N) is 1. The summed E-state index contributed by atoms with van der Waals surface area (Å²) in [6, 6.07) is 3.33. The highest BCUT2D eigenvalue weighted by Crippen LogP contribution is 2.21. The molecule has 0 saturated heterocycles. The second-order valence-corrected chi connectivity index (χ2v) is 2.64. The normalized spacial score (nSPS) is 10.4. The highest BCUT2D eigenvalue weighted by molar-refractivity contribution is 5.56. The molecule has 1 heterocycles. The summed E-state index contributed by atoms with van der Waals surface area (Å²) < 4.78 is 17.0. The third-order valence-corrected chi connectivity index (χ3v) is 1.60. The van der Waals surface area contributed by atoms with Gasteiger partial charge in [-0.2, -0.15) is 0 Å². The van der Waals surface area contributed by atoms with E-state index < -0.39 is 11.6 Å². The van der Waals surface area contributed by atoms with Gasteiger partial charge in [-0.25, -0.2) is 9.18 Å². The maximum absolute atomic E-state index is 12.8. The monoisotopic (exact) mass is 196 g/mol. The molecule has 14 heavy (non-hydrogen) atoms. The van der Waals surface area contributed by atoms with Crippen molar-refractivity contribution in [1.29, 1.82) is 0 Å². The van der Waals surface area contributed by atoms with Crippen LogP contribution in [-0.2, 0) is 0 Å². The fourth-order valence-corrected chi connectivity index (χ4v) is 1.07. The Hall–Kier alpha value is -2.11. The first-order valence-corrected chi connectivity index (χ1v) is 3.71. The van der Waals surface area contributed by atoms with Crippen molar-refractivity contribution in [3.63, 3.8) is 0 Å². The van der Waals surface area contributed by atoms with Gasteiger partial charge in [0.15, 0.2) is 5.82 Å². The average molecular weight is 196 g/mol. The van der Waals surface area contributed by atoms with Crippen LogP contribution in [0.15, 0.2) is 27.5 Å². The van der Waals surface area contributed by atoms with Gasteiger partial charge in [0.25, 0.3) is 0 Å². The number of rotatable bonds is 1. The van der Waals surface area contributed by atoms with Crippen molar-refractivity contribution in [2.45, 2.75) is 0 Å². The van der Waals surface area contributed by atoms with Crippen LogP contribution in [-0.4, -0.2) is 15.2 Å². The molecule has 0 aliphatic carbocycles. The molecule has 0 atom stereocenters. The average Bonchev–Trinajstić information content (AvgIpc) is 2.50. The fraction of sp³-hybridized carbons (Fsp3) is 0. The van der Waals surface area contributed by atoms with E-state index >= 15 is 0 Å². The van der Waals surface area contributed by atoms with Crippen LogP contribution in [0, 0.1) is 5.82 Å². The van der Waals surface area contributed by atoms with Gasteiger partial charge in [0.05, 0.1) is 0 Å². The van der Waals surface area contributed by atoms with Crippen LogP contribution >= 0.6 is 0 Å². The molecule has 6 heteroatoms. The first-order chi connectivity index (χ1) is 6.65. The summed E-state index contributed by atoms with van der Waals surface area (Å²) in [7, 11) is 0. The number of halogens is 1. The molecule has 0 unspecified atom stereocenters. The first-order valence-electron chi connectivity index (χ1n) is 3.71. The van der Waals surface area contributed by atoms with Crippen molar-refractivity contribution in [2.75, 3.05) is 0 Å². The highest BCUT2D eigenvalue weighted by Gasteiger charge is 2.06. The molecule has 0 radical (unpaired) electrons. The molecule has 0 aliphatic rings. The van der Waals surface area contributed by atoms with Crippen molar-refractivity contribution in [3.05, 3.63) is 34.6 Å². The van der Waals surface area contributed by atoms with Gasteiger partial charge in [-0.05, 0) is 12.1 Å². The minimum atomic E-state index is -0.733. The molecule has 0 aliphatic heterocycles. The van der Waals surface area contributed by atoms with Gasteiger partial charge >= 0.3 is 5.76 Å². The zero-order valence-corrected chi connectivity index (χ0v) is 6.82. The van der Waals surface area contributed by atoms with Crippen LogP contribution in [0.5, 0.6) is 5.75 Å². The first kappa shape index (κ1) is 8.49. The van der Waals surface area contributed by atoms with E-state index in [9.17, 15) is 9.18 Å². The summed E-state index contributed by atoms with van der Waals surface area (Å²) in [5, 5.41) is 12.4. The lowest BCUT2D eigenvalue weighted by Gasteiger charge is -1.96. The molecule has 2 rings (SSSR count). The van der Waals surface area contributed by atoms with Gasteiger partial charge in [0.2, 0.25) is 0 Å². The third-order valence-electron chi connectivity index (χ3n) is 1.60. The maximum atomic E-state index is 12.8. The largest absolute Gasteiger partial charge is 0.508 e. The predicted octanol–water partition coefficient (Wildman–Crippen LogP) is 0.875.